The number of ketones is 1. The molecule has 1 aliphatic rings. The minimum absolute atomic E-state index is 0.0242. The number of ether oxygens (including phenoxy) is 1. The van der Waals surface area contributed by atoms with E-state index in [1.54, 1.807) is 51.1 Å². The van der Waals surface area contributed by atoms with Gasteiger partial charge in [0.2, 0.25) is 5.91 Å². The van der Waals surface area contributed by atoms with Crippen molar-refractivity contribution in [2.75, 3.05) is 11.4 Å². The molecule has 0 spiro atoms. The maximum absolute atomic E-state index is 14.1. The number of alkyl halides is 5. The Bertz CT molecular complexity index is 1650. The zero-order valence-electron chi connectivity index (χ0n) is 26.0. The third-order valence-electron chi connectivity index (χ3n) is 7.72. The third kappa shape index (κ3) is 8.93. The van der Waals surface area contributed by atoms with Crippen LogP contribution in [0.4, 0.5) is 33.3 Å². The number of Topliss-reactive ketones (excluding diaryl/α,β-unsaturated/α-hetero) is 1. The molecular formula is C35H34F5N3O4. The predicted molar refractivity (Wildman–Crippen MR) is 164 cm³/mol. The lowest BCUT2D eigenvalue weighted by atomic mass is 9.82. The van der Waals surface area contributed by atoms with Crippen molar-refractivity contribution in [1.82, 2.24) is 5.32 Å². The number of anilines is 2. The number of halogens is 5. The molecule has 3 atom stereocenters. The second-order valence-electron chi connectivity index (χ2n) is 12.3. The SMILES string of the molecule is CC(C)(C)OC(=O)[C@@H](c1ccccc1)[C@@H](CCC(F)(F)F)C(=O)N[C@H]1CN(c2cccc(C#N)c2)c2cccc(C(F)F)c2CC1=O. The lowest BCUT2D eigenvalue weighted by Crippen LogP contribution is -2.50. The molecule has 7 nitrogen and oxygen atoms in total. The minimum atomic E-state index is -4.66. The van der Waals surface area contributed by atoms with Crippen LogP contribution in [0.15, 0.2) is 72.8 Å². The van der Waals surface area contributed by atoms with Crippen LogP contribution in [0.2, 0.25) is 0 Å². The van der Waals surface area contributed by atoms with Gasteiger partial charge >= 0.3 is 12.1 Å². The summed E-state index contributed by atoms with van der Waals surface area (Å²) in [6, 6.07) is 18.8. The van der Waals surface area contributed by atoms with Gasteiger partial charge in [0, 0.05) is 29.8 Å². The van der Waals surface area contributed by atoms with E-state index in [0.29, 0.717) is 5.69 Å². The van der Waals surface area contributed by atoms with Crippen molar-refractivity contribution in [2.45, 2.75) is 70.2 Å². The van der Waals surface area contributed by atoms with E-state index < -0.39 is 73.0 Å². The van der Waals surface area contributed by atoms with Gasteiger partial charge in [0.15, 0.2) is 5.78 Å². The summed E-state index contributed by atoms with van der Waals surface area (Å²) in [6.45, 7) is 4.48. The first-order valence-electron chi connectivity index (χ1n) is 14.9. The van der Waals surface area contributed by atoms with E-state index in [4.69, 9.17) is 4.74 Å². The number of rotatable bonds is 9. The van der Waals surface area contributed by atoms with Crippen LogP contribution in [-0.4, -0.2) is 42.0 Å². The van der Waals surface area contributed by atoms with E-state index in [-0.39, 0.29) is 34.5 Å². The molecule has 0 aromatic heterocycles. The van der Waals surface area contributed by atoms with E-state index >= 15 is 0 Å². The first-order chi connectivity index (χ1) is 22.1. The molecule has 0 radical (unpaired) electrons. The number of fused-ring (bicyclic) bond motifs is 1. The summed E-state index contributed by atoms with van der Waals surface area (Å²) < 4.78 is 74.5. The Hall–Kier alpha value is -4.79. The summed E-state index contributed by atoms with van der Waals surface area (Å²) >= 11 is 0. The molecule has 3 aromatic carbocycles. The van der Waals surface area contributed by atoms with E-state index in [1.165, 1.54) is 47.4 Å². The molecule has 248 valence electrons. The topological polar surface area (TPSA) is 99.5 Å². The van der Waals surface area contributed by atoms with E-state index in [2.05, 4.69) is 5.32 Å². The quantitative estimate of drug-likeness (QED) is 0.192. The zero-order valence-corrected chi connectivity index (χ0v) is 26.0. The summed E-state index contributed by atoms with van der Waals surface area (Å²) in [6.07, 6.45) is -10.3. The smallest absolute Gasteiger partial charge is 0.389 e. The summed E-state index contributed by atoms with van der Waals surface area (Å²) in [5.74, 6) is -5.64. The van der Waals surface area contributed by atoms with Gasteiger partial charge in [-0.1, -0.05) is 48.5 Å². The number of nitrogens with one attached hydrogen (secondary N) is 1. The lowest BCUT2D eigenvalue weighted by Gasteiger charge is -2.31. The molecule has 3 aromatic rings. The van der Waals surface area contributed by atoms with E-state index in [1.807, 2.05) is 6.07 Å². The fourth-order valence-corrected chi connectivity index (χ4v) is 5.64. The van der Waals surface area contributed by atoms with Crippen LogP contribution in [-0.2, 0) is 25.5 Å². The number of hydrogen-bond acceptors (Lipinski definition) is 6. The molecule has 4 rings (SSSR count). The molecule has 0 saturated heterocycles. The highest BCUT2D eigenvalue weighted by atomic mass is 19.4. The fraction of sp³-hybridized carbons (Fsp3) is 0.371. The van der Waals surface area contributed by atoms with Gasteiger partial charge in [-0.05, 0) is 62.6 Å². The second kappa shape index (κ2) is 14.3. The standard InChI is InChI=1S/C35H34F5N3O4/c1-34(2,3)47-33(46)30(22-10-5-4-6-11-22)25(15-16-35(38,39)40)32(45)42-27-20-43(23-12-7-9-21(17-23)19-41)28-14-8-13-24(31(36)37)26(28)18-29(27)44/h4-14,17,25,27,30-31H,15-16,18,20H2,1-3H3,(H,42,45)/t25-,27+,30+/m1/s1. The normalized spacial score (nSPS) is 16.5. The van der Waals surface area contributed by atoms with Crippen molar-refractivity contribution < 1.29 is 41.1 Å². The fourth-order valence-electron chi connectivity index (χ4n) is 5.64. The Morgan fingerprint density at radius 3 is 2.32 bits per heavy atom. The third-order valence-corrected chi connectivity index (χ3v) is 7.72. The molecule has 0 bridgehead atoms. The molecule has 47 heavy (non-hydrogen) atoms. The average molecular weight is 656 g/mol. The van der Waals surface area contributed by atoms with Gasteiger partial charge in [0.1, 0.15) is 11.6 Å². The van der Waals surface area contributed by atoms with E-state index in [0.717, 1.165) is 0 Å². The number of amides is 1. The molecule has 0 aliphatic carbocycles. The molecule has 0 unspecified atom stereocenters. The number of hydrogen-bond donors (Lipinski definition) is 1. The number of carbonyl (C=O) groups is 3. The van der Waals surface area contributed by atoms with Crippen LogP contribution in [0.25, 0.3) is 0 Å². The van der Waals surface area contributed by atoms with Gasteiger partial charge < -0.3 is 15.0 Å². The highest BCUT2D eigenvalue weighted by Crippen LogP contribution is 2.38. The average Bonchev–Trinajstić information content (AvgIpc) is 3.13. The summed E-state index contributed by atoms with van der Waals surface area (Å²) in [5, 5.41) is 12.0. The van der Waals surface area contributed by atoms with Gasteiger partial charge in [0.05, 0.1) is 30.0 Å². The van der Waals surface area contributed by atoms with Crippen LogP contribution >= 0.6 is 0 Å². The monoisotopic (exact) mass is 655 g/mol. The van der Waals surface area contributed by atoms with Crippen LogP contribution in [0.3, 0.4) is 0 Å². The van der Waals surface area contributed by atoms with Crippen LogP contribution in [0.5, 0.6) is 0 Å². The van der Waals surface area contributed by atoms with Crippen molar-refractivity contribution in [3.8, 4) is 6.07 Å². The molecule has 1 N–H and O–H groups in total. The molecule has 12 heteroatoms. The number of benzene rings is 3. The molecule has 1 aliphatic heterocycles. The van der Waals surface area contributed by atoms with Crippen molar-refractivity contribution in [3.05, 3.63) is 95.1 Å². The Labute approximate surface area is 269 Å². The minimum Gasteiger partial charge on any atom is -0.459 e. The highest BCUT2D eigenvalue weighted by Gasteiger charge is 2.42. The molecule has 1 amide bonds. The van der Waals surface area contributed by atoms with Crippen LogP contribution in [0.1, 0.15) is 68.2 Å². The van der Waals surface area contributed by atoms with Gasteiger partial charge in [0.25, 0.3) is 6.43 Å². The van der Waals surface area contributed by atoms with Crippen molar-refractivity contribution in [2.24, 2.45) is 5.92 Å². The van der Waals surface area contributed by atoms with Crippen LogP contribution < -0.4 is 10.2 Å². The molecular weight excluding hydrogens is 621 g/mol. The molecule has 0 saturated carbocycles. The van der Waals surface area contributed by atoms with Crippen LogP contribution in [0, 0.1) is 17.2 Å². The van der Waals surface area contributed by atoms with Crippen molar-refractivity contribution in [3.63, 3.8) is 0 Å². The lowest BCUT2D eigenvalue weighted by molar-refractivity contribution is -0.162. The highest BCUT2D eigenvalue weighted by molar-refractivity contribution is 5.96. The van der Waals surface area contributed by atoms with Crippen molar-refractivity contribution in [1.29, 1.82) is 5.26 Å². The summed E-state index contributed by atoms with van der Waals surface area (Å²) in [4.78, 5) is 42.8. The Morgan fingerprint density at radius 1 is 1.02 bits per heavy atom. The summed E-state index contributed by atoms with van der Waals surface area (Å²) in [7, 11) is 0. The number of nitrogens with zero attached hydrogens (tertiary/aromatic N) is 2. The zero-order chi connectivity index (χ0) is 34.5. The van der Waals surface area contributed by atoms with E-state index in [9.17, 15) is 41.6 Å². The predicted octanol–water partition coefficient (Wildman–Crippen LogP) is 7.33. The number of nitriles is 1. The Balaban J connectivity index is 1.77. The Morgan fingerprint density at radius 2 is 1.70 bits per heavy atom. The first-order valence-corrected chi connectivity index (χ1v) is 14.9. The van der Waals surface area contributed by atoms with Gasteiger partial charge in [-0.2, -0.15) is 18.4 Å². The second-order valence-corrected chi connectivity index (χ2v) is 12.3. The number of esters is 1. The summed E-state index contributed by atoms with van der Waals surface area (Å²) in [5.41, 5.74) is -0.264. The molecule has 0 fully saturated rings. The molecule has 1 heterocycles. The maximum Gasteiger partial charge on any atom is 0.389 e. The Kier molecular flexibility index (Phi) is 10.7. The maximum atomic E-state index is 14.1. The number of carbonyl (C=O) groups excluding carboxylic acids is 3. The van der Waals surface area contributed by atoms with Gasteiger partial charge in [-0.3, -0.25) is 14.4 Å². The first kappa shape index (κ1) is 35.1. The van der Waals surface area contributed by atoms with Gasteiger partial charge in [-0.15, -0.1) is 0 Å². The largest absolute Gasteiger partial charge is 0.459 e. The van der Waals surface area contributed by atoms with Gasteiger partial charge in [-0.25, -0.2) is 8.78 Å². The van der Waals surface area contributed by atoms with Crippen molar-refractivity contribution >= 4 is 29.0 Å².